The van der Waals surface area contributed by atoms with Gasteiger partial charge in [0.15, 0.2) is 5.78 Å². The zero-order valence-corrected chi connectivity index (χ0v) is 21.6. The molecule has 0 fully saturated rings. The summed E-state index contributed by atoms with van der Waals surface area (Å²) in [6, 6.07) is 19.3. The Balaban J connectivity index is 1.54. The van der Waals surface area contributed by atoms with Gasteiger partial charge in [-0.2, -0.15) is 0 Å². The van der Waals surface area contributed by atoms with Gasteiger partial charge in [-0.1, -0.05) is 40.2 Å². The number of rotatable bonds is 5. The predicted octanol–water partition coefficient (Wildman–Crippen LogP) is 5.85. The fourth-order valence-electron chi connectivity index (χ4n) is 5.11. The standard InChI is InChI=1S/C29H26BrN3O3/c1-17-26(29(35)33-22-7-4-12-31-16-22)27(19-5-3-6-21(30)13-19)28-24(32-17)14-20(15-25(28)34)18-8-10-23(36-2)11-9-18/h3-13,16,20,27,32H,14-15H2,1-2H3,(H,33,35). The van der Waals surface area contributed by atoms with Crippen LogP contribution in [0.1, 0.15) is 42.7 Å². The maximum Gasteiger partial charge on any atom is 0.254 e. The molecule has 1 aromatic heterocycles. The van der Waals surface area contributed by atoms with Gasteiger partial charge in [-0.15, -0.1) is 0 Å². The molecule has 1 amide bonds. The first-order valence-corrected chi connectivity index (χ1v) is 12.6. The lowest BCUT2D eigenvalue weighted by atomic mass is 9.71. The normalized spacial score (nSPS) is 19.5. The molecule has 36 heavy (non-hydrogen) atoms. The van der Waals surface area contributed by atoms with E-state index in [1.165, 1.54) is 0 Å². The SMILES string of the molecule is COc1ccc(C2CC(=O)C3=C(C2)NC(C)=C(C(=O)Nc2cccnc2)C3c2cccc(Br)c2)cc1. The molecular weight excluding hydrogens is 518 g/mol. The van der Waals surface area contributed by atoms with E-state index in [2.05, 4.69) is 31.5 Å². The van der Waals surface area contributed by atoms with E-state index in [1.807, 2.05) is 55.5 Å². The highest BCUT2D eigenvalue weighted by Crippen LogP contribution is 2.46. The Labute approximate surface area is 218 Å². The highest BCUT2D eigenvalue weighted by molar-refractivity contribution is 9.10. The number of hydrogen-bond acceptors (Lipinski definition) is 5. The molecule has 6 nitrogen and oxygen atoms in total. The van der Waals surface area contributed by atoms with Crippen molar-refractivity contribution in [2.75, 3.05) is 12.4 Å². The van der Waals surface area contributed by atoms with Crippen LogP contribution >= 0.6 is 15.9 Å². The Morgan fingerprint density at radius 1 is 1.08 bits per heavy atom. The number of carbonyl (C=O) groups is 2. The van der Waals surface area contributed by atoms with E-state index in [0.29, 0.717) is 29.7 Å². The molecule has 2 atom stereocenters. The fraction of sp³-hybridized carbons (Fsp3) is 0.207. The summed E-state index contributed by atoms with van der Waals surface area (Å²) in [5.41, 5.74) is 5.41. The number of methoxy groups -OCH3 is 1. The van der Waals surface area contributed by atoms with Crippen molar-refractivity contribution in [1.82, 2.24) is 10.3 Å². The van der Waals surface area contributed by atoms with Gasteiger partial charge in [-0.25, -0.2) is 0 Å². The van der Waals surface area contributed by atoms with Crippen molar-refractivity contribution in [3.63, 3.8) is 0 Å². The van der Waals surface area contributed by atoms with E-state index in [0.717, 1.165) is 32.7 Å². The van der Waals surface area contributed by atoms with Gasteiger partial charge in [0.05, 0.1) is 19.0 Å². The summed E-state index contributed by atoms with van der Waals surface area (Å²) in [5, 5.41) is 6.38. The first kappa shape index (κ1) is 24.0. The number of anilines is 1. The maximum absolute atomic E-state index is 13.7. The van der Waals surface area contributed by atoms with Crippen molar-refractivity contribution >= 4 is 33.3 Å². The van der Waals surface area contributed by atoms with Crippen LogP contribution < -0.4 is 15.4 Å². The first-order chi connectivity index (χ1) is 17.4. The summed E-state index contributed by atoms with van der Waals surface area (Å²) in [6.45, 7) is 1.90. The zero-order chi connectivity index (χ0) is 25.2. The Kier molecular flexibility index (Phi) is 6.74. The average Bonchev–Trinajstić information content (AvgIpc) is 2.88. The number of pyridine rings is 1. The minimum atomic E-state index is -0.472. The Morgan fingerprint density at radius 3 is 2.58 bits per heavy atom. The molecule has 0 saturated carbocycles. The lowest BCUT2D eigenvalue weighted by Crippen LogP contribution is -2.37. The summed E-state index contributed by atoms with van der Waals surface area (Å²) >= 11 is 3.56. The highest BCUT2D eigenvalue weighted by atomic mass is 79.9. The largest absolute Gasteiger partial charge is 0.497 e. The van der Waals surface area contributed by atoms with Crippen LogP contribution in [-0.2, 0) is 9.59 Å². The number of ketones is 1. The number of allylic oxidation sites excluding steroid dienone is 3. The number of dihydropyridines is 1. The van der Waals surface area contributed by atoms with Gasteiger partial charge in [-0.3, -0.25) is 14.6 Å². The molecule has 1 aliphatic heterocycles. The maximum atomic E-state index is 13.7. The molecule has 0 saturated heterocycles. The summed E-state index contributed by atoms with van der Waals surface area (Å²) in [6.07, 6.45) is 4.33. The molecule has 2 N–H and O–H groups in total. The number of Topliss-reactive ketones (excluding diaryl/α,β-unsaturated/α-hetero) is 1. The van der Waals surface area contributed by atoms with Crippen LogP contribution in [0.3, 0.4) is 0 Å². The molecule has 0 spiro atoms. The number of benzene rings is 2. The third-order valence-electron chi connectivity index (χ3n) is 6.76. The number of halogens is 1. The number of ether oxygens (including phenoxy) is 1. The van der Waals surface area contributed by atoms with Gasteiger partial charge in [-0.05, 0) is 66.8 Å². The number of aromatic nitrogens is 1. The Hall–Kier alpha value is -3.71. The molecule has 3 aromatic rings. The molecule has 2 unspecified atom stereocenters. The lowest BCUT2D eigenvalue weighted by Gasteiger charge is -2.37. The highest BCUT2D eigenvalue weighted by Gasteiger charge is 2.41. The molecule has 2 heterocycles. The molecular formula is C29H26BrN3O3. The summed E-state index contributed by atoms with van der Waals surface area (Å²) in [4.78, 5) is 31.4. The molecule has 0 radical (unpaired) electrons. The van der Waals surface area contributed by atoms with Crippen LogP contribution in [0.2, 0.25) is 0 Å². The van der Waals surface area contributed by atoms with Gasteiger partial charge in [0, 0.05) is 45.5 Å². The van der Waals surface area contributed by atoms with E-state index in [-0.39, 0.29) is 17.6 Å². The molecule has 182 valence electrons. The van der Waals surface area contributed by atoms with E-state index >= 15 is 0 Å². The van der Waals surface area contributed by atoms with E-state index in [9.17, 15) is 9.59 Å². The number of carbonyl (C=O) groups excluding carboxylic acids is 2. The predicted molar refractivity (Wildman–Crippen MR) is 143 cm³/mol. The summed E-state index contributed by atoms with van der Waals surface area (Å²) in [5.74, 6) is 0.161. The number of nitrogens with one attached hydrogen (secondary N) is 2. The smallest absolute Gasteiger partial charge is 0.254 e. The van der Waals surface area contributed by atoms with Gasteiger partial charge in [0.1, 0.15) is 5.75 Å². The van der Waals surface area contributed by atoms with E-state index in [1.54, 1.807) is 31.6 Å². The van der Waals surface area contributed by atoms with Gasteiger partial charge in [0.2, 0.25) is 0 Å². The quantitative estimate of drug-likeness (QED) is 0.421. The summed E-state index contributed by atoms with van der Waals surface area (Å²) in [7, 11) is 1.64. The monoisotopic (exact) mass is 543 g/mol. The van der Waals surface area contributed by atoms with Gasteiger partial charge in [0.25, 0.3) is 5.91 Å². The zero-order valence-electron chi connectivity index (χ0n) is 20.0. The third-order valence-corrected chi connectivity index (χ3v) is 7.25. The molecule has 2 aliphatic rings. The average molecular weight is 544 g/mol. The second-order valence-electron chi connectivity index (χ2n) is 9.04. The number of nitrogens with zero attached hydrogens (tertiary/aromatic N) is 1. The topological polar surface area (TPSA) is 80.3 Å². The van der Waals surface area contributed by atoms with Crippen molar-refractivity contribution in [2.24, 2.45) is 0 Å². The van der Waals surface area contributed by atoms with Crippen LogP contribution in [0.15, 0.2) is 100 Å². The molecule has 5 rings (SSSR count). The third kappa shape index (κ3) is 4.71. The Morgan fingerprint density at radius 2 is 1.89 bits per heavy atom. The van der Waals surface area contributed by atoms with Crippen LogP contribution in [0.25, 0.3) is 0 Å². The van der Waals surface area contributed by atoms with E-state index < -0.39 is 5.92 Å². The van der Waals surface area contributed by atoms with Crippen LogP contribution in [-0.4, -0.2) is 23.8 Å². The van der Waals surface area contributed by atoms with Gasteiger partial charge >= 0.3 is 0 Å². The van der Waals surface area contributed by atoms with Crippen molar-refractivity contribution < 1.29 is 14.3 Å². The van der Waals surface area contributed by atoms with Crippen LogP contribution in [0.5, 0.6) is 5.75 Å². The van der Waals surface area contributed by atoms with Crippen molar-refractivity contribution in [1.29, 1.82) is 0 Å². The Bertz CT molecular complexity index is 1380. The number of amides is 1. The minimum absolute atomic E-state index is 0.0497. The van der Waals surface area contributed by atoms with Crippen LogP contribution in [0.4, 0.5) is 5.69 Å². The lowest BCUT2D eigenvalue weighted by molar-refractivity contribution is -0.116. The summed E-state index contributed by atoms with van der Waals surface area (Å²) < 4.78 is 6.18. The first-order valence-electron chi connectivity index (χ1n) is 11.8. The number of hydrogen-bond donors (Lipinski definition) is 2. The van der Waals surface area contributed by atoms with Crippen molar-refractivity contribution in [2.45, 2.75) is 31.6 Å². The van der Waals surface area contributed by atoms with Crippen LogP contribution in [0, 0.1) is 0 Å². The molecule has 7 heteroatoms. The fourth-order valence-corrected chi connectivity index (χ4v) is 5.52. The molecule has 2 aromatic carbocycles. The molecule has 0 bridgehead atoms. The van der Waals surface area contributed by atoms with Gasteiger partial charge < -0.3 is 15.4 Å². The second kappa shape index (κ2) is 10.1. The minimum Gasteiger partial charge on any atom is -0.497 e. The second-order valence-corrected chi connectivity index (χ2v) is 9.96. The van der Waals surface area contributed by atoms with Crippen molar-refractivity contribution in [3.8, 4) is 5.75 Å². The molecule has 1 aliphatic carbocycles. The van der Waals surface area contributed by atoms with E-state index in [4.69, 9.17) is 4.74 Å². The van der Waals surface area contributed by atoms with Crippen molar-refractivity contribution in [3.05, 3.63) is 111 Å².